The minimum absolute atomic E-state index is 0.0258. The molecule has 3 saturated carbocycles. The predicted octanol–water partition coefficient (Wildman–Crippen LogP) is 0.635. The van der Waals surface area contributed by atoms with E-state index in [2.05, 4.69) is 11.4 Å². The Balaban J connectivity index is 1.64. The van der Waals surface area contributed by atoms with E-state index >= 15 is 0 Å². The van der Waals surface area contributed by atoms with Crippen LogP contribution in [0.2, 0.25) is 0 Å². The van der Waals surface area contributed by atoms with Gasteiger partial charge in [0.1, 0.15) is 12.2 Å². The molecule has 30 heavy (non-hydrogen) atoms. The molecule has 0 amide bonds. The van der Waals surface area contributed by atoms with Gasteiger partial charge in [0.2, 0.25) is 0 Å². The molecule has 0 aliphatic heterocycles. The molecule has 0 aromatic heterocycles. The number of carbonyl (C=O) groups excluding carboxylic acids is 2. The van der Waals surface area contributed by atoms with Crippen LogP contribution in [-0.4, -0.2) is 40.1 Å². The summed E-state index contributed by atoms with van der Waals surface area (Å²) >= 11 is 0. The Bertz CT molecular complexity index is 848. The number of Topliss-reactive ketones (excluding diaryl/α,β-unsaturated/α-hetero) is 1. The average Bonchev–Trinajstić information content (AvgIpc) is 2.91. The monoisotopic (exact) mass is 440 g/mol. The van der Waals surface area contributed by atoms with Crippen LogP contribution in [0.25, 0.3) is 0 Å². The van der Waals surface area contributed by atoms with E-state index in [4.69, 9.17) is 0 Å². The zero-order chi connectivity index (χ0) is 22.1. The van der Waals surface area contributed by atoms with Gasteiger partial charge in [-0.25, -0.2) is 0 Å². The summed E-state index contributed by atoms with van der Waals surface area (Å²) in [5.74, 6) is -0.688. The molecule has 3 fully saturated rings. The van der Waals surface area contributed by atoms with Gasteiger partial charge >= 0.3 is 0 Å². The Kier molecular flexibility index (Phi) is 5.25. The molecule has 9 heteroatoms. The molecule has 0 saturated heterocycles. The van der Waals surface area contributed by atoms with Gasteiger partial charge in [0.25, 0.3) is 0 Å². The SMILES string of the molecule is CC12CCC(=O)C=C1CCC1C2[C@@H](O)CC2(C)C1CC[C@]2(O)C(=O)COP(=O)([O-])[O-]. The van der Waals surface area contributed by atoms with Gasteiger partial charge in [-0.05, 0) is 67.8 Å². The van der Waals surface area contributed by atoms with Crippen molar-refractivity contribution in [3.8, 4) is 0 Å². The van der Waals surface area contributed by atoms with Gasteiger partial charge in [-0.1, -0.05) is 19.4 Å². The lowest BCUT2D eigenvalue weighted by Crippen LogP contribution is -2.62. The van der Waals surface area contributed by atoms with Gasteiger partial charge in [-0.15, -0.1) is 0 Å². The van der Waals surface area contributed by atoms with Crippen molar-refractivity contribution in [1.29, 1.82) is 0 Å². The molecule has 0 spiro atoms. The van der Waals surface area contributed by atoms with Crippen LogP contribution in [0.4, 0.5) is 0 Å². The number of rotatable bonds is 4. The largest absolute Gasteiger partial charge is 0.790 e. The first-order valence-electron chi connectivity index (χ1n) is 10.7. The number of phosphoric ester groups is 1. The van der Waals surface area contributed by atoms with Crippen LogP contribution in [-0.2, 0) is 18.7 Å². The summed E-state index contributed by atoms with van der Waals surface area (Å²) in [4.78, 5) is 46.3. The molecule has 2 N–H and O–H groups in total. The Morgan fingerprint density at radius 2 is 1.97 bits per heavy atom. The van der Waals surface area contributed by atoms with Crippen LogP contribution in [0.5, 0.6) is 0 Å². The topological polar surface area (TPSA) is 147 Å². The Labute approximate surface area is 175 Å². The van der Waals surface area contributed by atoms with Gasteiger partial charge in [0.15, 0.2) is 11.6 Å². The van der Waals surface area contributed by atoms with Crippen molar-refractivity contribution < 1.29 is 38.7 Å². The average molecular weight is 440 g/mol. The normalized spacial score (nSPS) is 45.9. The molecule has 7 atom stereocenters. The smallest absolute Gasteiger partial charge is 0.190 e. The predicted molar refractivity (Wildman–Crippen MR) is 102 cm³/mol. The van der Waals surface area contributed by atoms with Gasteiger partial charge in [0.05, 0.1) is 13.9 Å². The van der Waals surface area contributed by atoms with Crippen LogP contribution in [0.1, 0.15) is 58.8 Å². The zero-order valence-electron chi connectivity index (χ0n) is 17.3. The Hall–Kier alpha value is -0.890. The number of carbonyl (C=O) groups is 2. The molecule has 0 aromatic rings. The van der Waals surface area contributed by atoms with E-state index in [-0.39, 0.29) is 41.8 Å². The summed E-state index contributed by atoms with van der Waals surface area (Å²) in [5.41, 5.74) is -1.96. The first-order valence-corrected chi connectivity index (χ1v) is 12.1. The van der Waals surface area contributed by atoms with Gasteiger partial charge in [-0.2, -0.15) is 0 Å². The van der Waals surface area contributed by atoms with Crippen LogP contribution in [0.3, 0.4) is 0 Å². The van der Waals surface area contributed by atoms with Crippen molar-refractivity contribution in [2.24, 2.45) is 28.6 Å². The second kappa shape index (κ2) is 7.06. The number of ketones is 2. The van der Waals surface area contributed by atoms with E-state index < -0.39 is 37.3 Å². The van der Waals surface area contributed by atoms with Crippen molar-refractivity contribution in [2.75, 3.05) is 6.61 Å². The lowest BCUT2D eigenvalue weighted by atomic mass is 9.45. The molecule has 0 radical (unpaired) electrons. The molecule has 4 aliphatic carbocycles. The second-order valence-corrected chi connectivity index (χ2v) is 11.3. The molecule has 0 bridgehead atoms. The summed E-state index contributed by atoms with van der Waals surface area (Å²) in [6.07, 6.45) is 4.59. The van der Waals surface area contributed by atoms with Crippen molar-refractivity contribution >= 4 is 19.4 Å². The fourth-order valence-corrected chi connectivity index (χ4v) is 7.68. The van der Waals surface area contributed by atoms with E-state index in [1.54, 1.807) is 13.0 Å². The van der Waals surface area contributed by atoms with Crippen LogP contribution >= 0.6 is 7.82 Å². The molecule has 4 aliphatic rings. The highest BCUT2D eigenvalue weighted by atomic mass is 31.2. The number of fused-ring (bicyclic) bond motifs is 5. The number of hydrogen-bond donors (Lipinski definition) is 2. The van der Waals surface area contributed by atoms with E-state index in [9.17, 15) is 34.2 Å². The standard InChI is InChI=1S/C21H31O8P/c1-19-7-5-13(22)9-12(19)3-4-14-15-6-8-21(25,17(24)11-29-30(26,27)28)20(15,2)10-16(23)18(14)19/h9,14-16,18,23,25H,3-8,10-11H2,1-2H3,(H2,26,27,28)/p-2/t14?,15?,16-,18?,19?,20?,21-/m0/s1. The van der Waals surface area contributed by atoms with Crippen molar-refractivity contribution in [3.05, 3.63) is 11.6 Å². The molecular formula is C21H29O8P-2. The lowest BCUT2D eigenvalue weighted by Gasteiger charge is -2.60. The second-order valence-electron chi connectivity index (χ2n) is 10.1. The van der Waals surface area contributed by atoms with Crippen molar-refractivity contribution in [1.82, 2.24) is 0 Å². The maximum absolute atomic E-state index is 12.8. The molecule has 0 heterocycles. The molecule has 5 unspecified atom stereocenters. The number of phosphoric acid groups is 1. The first-order chi connectivity index (χ1) is 13.8. The van der Waals surface area contributed by atoms with Gasteiger partial charge in [-0.3, -0.25) is 9.59 Å². The zero-order valence-corrected chi connectivity index (χ0v) is 18.2. The van der Waals surface area contributed by atoms with Gasteiger partial charge < -0.3 is 29.1 Å². The quantitative estimate of drug-likeness (QED) is 0.605. The fraction of sp³-hybridized carbons (Fsp3) is 0.810. The van der Waals surface area contributed by atoms with Crippen molar-refractivity contribution in [2.45, 2.75) is 70.5 Å². The first kappa shape index (κ1) is 22.3. The molecule has 8 nitrogen and oxygen atoms in total. The van der Waals surface area contributed by atoms with E-state index in [0.717, 1.165) is 18.4 Å². The summed E-state index contributed by atoms with van der Waals surface area (Å²) in [6, 6.07) is 0. The maximum atomic E-state index is 12.8. The number of aliphatic hydroxyl groups excluding tert-OH is 1. The third-order valence-electron chi connectivity index (χ3n) is 8.86. The number of aliphatic hydroxyl groups is 2. The highest BCUT2D eigenvalue weighted by Gasteiger charge is 2.68. The Morgan fingerprint density at radius 1 is 1.27 bits per heavy atom. The van der Waals surface area contributed by atoms with E-state index in [0.29, 0.717) is 19.3 Å². The summed E-state index contributed by atoms with van der Waals surface area (Å²) in [7, 11) is -5.33. The molecule has 168 valence electrons. The van der Waals surface area contributed by atoms with Gasteiger partial charge in [0, 0.05) is 11.8 Å². The molecular weight excluding hydrogens is 411 g/mol. The Morgan fingerprint density at radius 3 is 2.63 bits per heavy atom. The third-order valence-corrected chi connectivity index (χ3v) is 9.31. The highest BCUT2D eigenvalue weighted by Crippen LogP contribution is 2.67. The van der Waals surface area contributed by atoms with E-state index in [1.165, 1.54) is 0 Å². The summed E-state index contributed by atoms with van der Waals surface area (Å²) < 4.78 is 15.0. The third kappa shape index (κ3) is 3.19. The fourth-order valence-electron chi connectivity index (χ4n) is 7.41. The molecule has 0 aromatic carbocycles. The van der Waals surface area contributed by atoms with E-state index in [1.807, 2.05) is 0 Å². The maximum Gasteiger partial charge on any atom is 0.190 e. The minimum Gasteiger partial charge on any atom is -0.790 e. The number of allylic oxidation sites excluding steroid dienone is 1. The summed E-state index contributed by atoms with van der Waals surface area (Å²) in [6.45, 7) is 2.92. The lowest BCUT2D eigenvalue weighted by molar-refractivity contribution is -0.341. The van der Waals surface area contributed by atoms with Crippen molar-refractivity contribution in [3.63, 3.8) is 0 Å². The van der Waals surface area contributed by atoms with Crippen LogP contribution in [0, 0.1) is 28.6 Å². The summed E-state index contributed by atoms with van der Waals surface area (Å²) in [5, 5.41) is 22.6. The van der Waals surface area contributed by atoms with Crippen LogP contribution < -0.4 is 9.79 Å². The van der Waals surface area contributed by atoms with Crippen LogP contribution in [0.15, 0.2) is 11.6 Å². The highest BCUT2D eigenvalue weighted by molar-refractivity contribution is 7.43. The minimum atomic E-state index is -5.33. The molecule has 4 rings (SSSR count). The number of hydrogen-bond acceptors (Lipinski definition) is 8.